The topological polar surface area (TPSA) is 126 Å². The molecule has 2 N–H and O–H groups in total. The second-order valence-corrected chi connectivity index (χ2v) is 8.53. The highest BCUT2D eigenvalue weighted by atomic mass is 32.2. The summed E-state index contributed by atoms with van der Waals surface area (Å²) in [5.74, 6) is -1.98. The highest BCUT2D eigenvalue weighted by Gasteiger charge is 2.49. The highest BCUT2D eigenvalue weighted by molar-refractivity contribution is 7.89. The molecule has 2 aromatic rings. The molecule has 1 heterocycles. The van der Waals surface area contributed by atoms with Gasteiger partial charge in [-0.25, -0.2) is 13.6 Å². The summed E-state index contributed by atoms with van der Waals surface area (Å²) in [5, 5.41) is 5.11. The number of rotatable bonds is 5. The van der Waals surface area contributed by atoms with Crippen LogP contribution < -0.4 is 5.14 Å². The Morgan fingerprint density at radius 3 is 1.91 bits per heavy atom. The van der Waals surface area contributed by atoms with Gasteiger partial charge in [-0.1, -0.05) is 12.1 Å². The van der Waals surface area contributed by atoms with Crippen LogP contribution in [-0.2, 0) is 35.3 Å². The standard InChI is InChI=1S/C21H17F3N2O6S/c1-31-18(27)20(19(28)32-2)9-15(12-3-6-14(7-4-12)33(25,29)30)16(10-20)17-8-5-13(11-26-17)21(22,23)24/h3-11H,1-2H3,(H2,25,29,30). The molecule has 174 valence electrons. The van der Waals surface area contributed by atoms with E-state index in [1.807, 2.05) is 0 Å². The van der Waals surface area contributed by atoms with Crippen molar-refractivity contribution in [3.8, 4) is 0 Å². The first-order valence-corrected chi connectivity index (χ1v) is 10.7. The van der Waals surface area contributed by atoms with Crippen molar-refractivity contribution in [2.75, 3.05) is 14.2 Å². The molecule has 0 spiro atoms. The fraction of sp³-hybridized carbons (Fsp3) is 0.190. The smallest absolute Gasteiger partial charge is 0.417 e. The molecule has 1 aliphatic rings. The average molecular weight is 482 g/mol. The number of ether oxygens (including phenoxy) is 2. The van der Waals surface area contributed by atoms with Crippen LogP contribution in [0.25, 0.3) is 11.1 Å². The largest absolute Gasteiger partial charge is 0.468 e. The number of alkyl halides is 3. The number of primary sulfonamides is 1. The molecule has 0 saturated heterocycles. The number of hydrogen-bond donors (Lipinski definition) is 1. The fourth-order valence-corrected chi connectivity index (χ4v) is 3.82. The monoisotopic (exact) mass is 482 g/mol. The minimum absolute atomic E-state index is 0.0273. The Bertz CT molecular complexity index is 1250. The minimum Gasteiger partial charge on any atom is -0.468 e. The summed E-state index contributed by atoms with van der Waals surface area (Å²) < 4.78 is 71.5. The maximum absolute atomic E-state index is 13.0. The number of benzene rings is 1. The van der Waals surface area contributed by atoms with Crippen LogP contribution >= 0.6 is 0 Å². The fourth-order valence-electron chi connectivity index (χ4n) is 3.31. The molecule has 1 aromatic carbocycles. The number of pyridine rings is 1. The molecule has 1 aromatic heterocycles. The van der Waals surface area contributed by atoms with Crippen molar-refractivity contribution in [2.24, 2.45) is 10.6 Å². The summed E-state index contributed by atoms with van der Waals surface area (Å²) in [6.07, 6.45) is -1.58. The van der Waals surface area contributed by atoms with E-state index >= 15 is 0 Å². The Hall–Kier alpha value is -3.51. The Kier molecular flexibility index (Phi) is 6.18. The van der Waals surface area contributed by atoms with Gasteiger partial charge in [0.2, 0.25) is 15.4 Å². The van der Waals surface area contributed by atoms with E-state index in [1.54, 1.807) is 0 Å². The van der Waals surface area contributed by atoms with E-state index < -0.39 is 39.1 Å². The number of allylic oxidation sites excluding steroid dienone is 2. The van der Waals surface area contributed by atoms with Gasteiger partial charge in [0.05, 0.1) is 30.4 Å². The van der Waals surface area contributed by atoms with Crippen molar-refractivity contribution in [1.82, 2.24) is 4.98 Å². The lowest BCUT2D eigenvalue weighted by atomic mass is 9.89. The first-order chi connectivity index (χ1) is 15.3. The minimum atomic E-state index is -4.61. The second-order valence-electron chi connectivity index (χ2n) is 6.97. The Balaban J connectivity index is 2.22. The normalized spacial score (nSPS) is 15.5. The van der Waals surface area contributed by atoms with Gasteiger partial charge in [-0.15, -0.1) is 0 Å². The molecular formula is C21H17F3N2O6S. The van der Waals surface area contributed by atoms with Crippen LogP contribution in [0, 0.1) is 5.41 Å². The molecule has 1 aliphatic carbocycles. The molecule has 8 nitrogen and oxygen atoms in total. The van der Waals surface area contributed by atoms with Gasteiger partial charge >= 0.3 is 18.1 Å². The van der Waals surface area contributed by atoms with Crippen LogP contribution in [-0.4, -0.2) is 39.6 Å². The molecule has 0 radical (unpaired) electrons. The number of nitrogens with two attached hydrogens (primary N) is 1. The summed E-state index contributed by atoms with van der Waals surface area (Å²) in [6, 6.07) is 7.05. The quantitative estimate of drug-likeness (QED) is 0.513. The van der Waals surface area contributed by atoms with E-state index in [9.17, 15) is 31.2 Å². The SMILES string of the molecule is COC(=O)C1(C(=O)OC)C=C(c2ccc(S(N)(=O)=O)cc2)C(c2ccc(C(F)(F)F)cn2)=C1. The van der Waals surface area contributed by atoms with Crippen LogP contribution in [0.5, 0.6) is 0 Å². The Morgan fingerprint density at radius 1 is 0.939 bits per heavy atom. The van der Waals surface area contributed by atoms with Crippen LogP contribution in [0.2, 0.25) is 0 Å². The van der Waals surface area contributed by atoms with Gasteiger partial charge in [-0.05, 0) is 47.6 Å². The Labute approximate surface area is 186 Å². The van der Waals surface area contributed by atoms with E-state index in [2.05, 4.69) is 4.98 Å². The maximum Gasteiger partial charge on any atom is 0.417 e. The zero-order chi connectivity index (χ0) is 24.6. The molecule has 0 unspecified atom stereocenters. The van der Waals surface area contributed by atoms with Crippen molar-refractivity contribution < 1.29 is 40.7 Å². The molecule has 0 bridgehead atoms. The third kappa shape index (κ3) is 4.52. The molecule has 12 heteroatoms. The van der Waals surface area contributed by atoms with Gasteiger partial charge in [0.25, 0.3) is 0 Å². The Morgan fingerprint density at radius 2 is 1.48 bits per heavy atom. The number of sulfonamides is 1. The molecule has 33 heavy (non-hydrogen) atoms. The first-order valence-electron chi connectivity index (χ1n) is 9.13. The number of methoxy groups -OCH3 is 2. The summed E-state index contributed by atoms with van der Waals surface area (Å²) in [7, 11) is -1.87. The molecule has 3 rings (SSSR count). The number of esters is 2. The van der Waals surface area contributed by atoms with Gasteiger partial charge in [0.1, 0.15) is 0 Å². The number of aromatic nitrogens is 1. The predicted molar refractivity (Wildman–Crippen MR) is 109 cm³/mol. The van der Waals surface area contributed by atoms with E-state index in [-0.39, 0.29) is 21.7 Å². The van der Waals surface area contributed by atoms with Crippen molar-refractivity contribution >= 4 is 33.1 Å². The lowest BCUT2D eigenvalue weighted by molar-refractivity contribution is -0.161. The summed E-state index contributed by atoms with van der Waals surface area (Å²) in [6.45, 7) is 0. The zero-order valence-electron chi connectivity index (χ0n) is 17.2. The van der Waals surface area contributed by atoms with Crippen molar-refractivity contribution in [3.05, 3.63) is 71.6 Å². The zero-order valence-corrected chi connectivity index (χ0v) is 18.0. The molecule has 0 atom stereocenters. The summed E-state index contributed by atoms with van der Waals surface area (Å²) in [5.41, 5.74) is -2.29. The van der Waals surface area contributed by atoms with Crippen LogP contribution in [0.15, 0.2) is 59.6 Å². The van der Waals surface area contributed by atoms with Gasteiger partial charge in [0.15, 0.2) is 0 Å². The van der Waals surface area contributed by atoms with E-state index in [0.29, 0.717) is 11.8 Å². The molecule has 0 amide bonds. The van der Waals surface area contributed by atoms with Gasteiger partial charge in [0, 0.05) is 11.8 Å². The van der Waals surface area contributed by atoms with Crippen LogP contribution in [0.1, 0.15) is 16.8 Å². The predicted octanol–water partition coefficient (Wildman–Crippen LogP) is 2.56. The average Bonchev–Trinajstić information content (AvgIpc) is 3.19. The highest BCUT2D eigenvalue weighted by Crippen LogP contribution is 2.45. The number of hydrogen-bond acceptors (Lipinski definition) is 7. The van der Waals surface area contributed by atoms with E-state index in [0.717, 1.165) is 26.4 Å². The van der Waals surface area contributed by atoms with Gasteiger partial charge in [-0.3, -0.25) is 14.6 Å². The molecule has 0 saturated carbocycles. The van der Waals surface area contributed by atoms with Gasteiger partial charge in [-0.2, -0.15) is 13.2 Å². The van der Waals surface area contributed by atoms with Gasteiger partial charge < -0.3 is 9.47 Å². The van der Waals surface area contributed by atoms with E-state index in [1.165, 1.54) is 36.4 Å². The molecular weight excluding hydrogens is 465 g/mol. The second kappa shape index (κ2) is 8.45. The van der Waals surface area contributed by atoms with Crippen molar-refractivity contribution in [2.45, 2.75) is 11.1 Å². The van der Waals surface area contributed by atoms with Crippen LogP contribution in [0.3, 0.4) is 0 Å². The lowest BCUT2D eigenvalue weighted by Crippen LogP contribution is -2.36. The number of nitrogens with zero attached hydrogens (tertiary/aromatic N) is 1. The molecule has 0 aliphatic heterocycles. The summed E-state index contributed by atoms with van der Waals surface area (Å²) >= 11 is 0. The van der Waals surface area contributed by atoms with Crippen LogP contribution in [0.4, 0.5) is 13.2 Å². The number of halogens is 3. The summed E-state index contributed by atoms with van der Waals surface area (Å²) in [4.78, 5) is 28.8. The maximum atomic E-state index is 13.0. The van der Waals surface area contributed by atoms with Crippen molar-refractivity contribution in [1.29, 1.82) is 0 Å². The first kappa shape index (κ1) is 24.1. The third-order valence-electron chi connectivity index (χ3n) is 4.94. The number of carbonyl (C=O) groups is 2. The number of carbonyl (C=O) groups excluding carboxylic acids is 2. The third-order valence-corrected chi connectivity index (χ3v) is 5.87. The lowest BCUT2D eigenvalue weighted by Gasteiger charge is -2.18. The van der Waals surface area contributed by atoms with Crippen molar-refractivity contribution in [3.63, 3.8) is 0 Å². The molecule has 0 fully saturated rings. The van der Waals surface area contributed by atoms with E-state index in [4.69, 9.17) is 14.6 Å².